The number of rotatable bonds is 5. The molecular weight excluding hydrogens is 343 g/mol. The molecule has 0 bridgehead atoms. The molecule has 0 atom stereocenters. The third kappa shape index (κ3) is 3.52. The van der Waals surface area contributed by atoms with Crippen LogP contribution in [0.3, 0.4) is 0 Å². The molecule has 0 amide bonds. The predicted octanol–water partition coefficient (Wildman–Crippen LogP) is 3.87. The number of hydrogen-bond donors (Lipinski definition) is 1. The summed E-state index contributed by atoms with van der Waals surface area (Å²) in [6, 6.07) is 9.15. The van der Waals surface area contributed by atoms with E-state index < -0.39 is 11.8 Å². The molecule has 0 heterocycles. The first-order chi connectivity index (χ1) is 10.0. The van der Waals surface area contributed by atoms with Crippen LogP contribution in [0.2, 0.25) is 0 Å². The molecule has 0 unspecified atom stereocenters. The first-order valence-corrected chi connectivity index (χ1v) is 6.79. The molecule has 2 aromatic rings. The molecule has 0 spiro atoms. The van der Waals surface area contributed by atoms with Gasteiger partial charge in [0.2, 0.25) is 0 Å². The van der Waals surface area contributed by atoms with Crippen molar-refractivity contribution in [1.82, 2.24) is 0 Å². The van der Waals surface area contributed by atoms with Gasteiger partial charge in [-0.3, -0.25) is 0 Å². The van der Waals surface area contributed by atoms with Gasteiger partial charge in [0, 0.05) is 5.56 Å². The summed E-state index contributed by atoms with van der Waals surface area (Å²) in [5.41, 5.74) is 0.418. The van der Waals surface area contributed by atoms with Crippen LogP contribution in [0.15, 0.2) is 40.9 Å². The largest absolute Gasteiger partial charge is 0.494 e. The lowest BCUT2D eigenvalue weighted by Gasteiger charge is -2.11. The van der Waals surface area contributed by atoms with E-state index in [0.717, 1.165) is 0 Å². The fraction of sp³-hybridized carbons (Fsp3) is 0.133. The van der Waals surface area contributed by atoms with Crippen molar-refractivity contribution >= 4 is 21.9 Å². The van der Waals surface area contributed by atoms with E-state index in [9.17, 15) is 9.18 Å². The second kappa shape index (κ2) is 6.58. The number of aromatic carboxylic acids is 1. The molecule has 2 aromatic carbocycles. The highest BCUT2D eigenvalue weighted by atomic mass is 79.9. The fourth-order valence-electron chi connectivity index (χ4n) is 1.73. The number of carboxylic acid groups (broad SMARTS) is 1. The summed E-state index contributed by atoms with van der Waals surface area (Å²) in [5, 5.41) is 8.95. The zero-order chi connectivity index (χ0) is 15.4. The Hall–Kier alpha value is -2.08. The van der Waals surface area contributed by atoms with Crippen LogP contribution in [0.4, 0.5) is 4.39 Å². The number of hydrogen-bond acceptors (Lipinski definition) is 3. The van der Waals surface area contributed by atoms with Crippen LogP contribution in [-0.2, 0) is 6.61 Å². The minimum absolute atomic E-state index is 0.0370. The summed E-state index contributed by atoms with van der Waals surface area (Å²) in [6.45, 7) is -0.0370. The maximum Gasteiger partial charge on any atom is 0.335 e. The maximum atomic E-state index is 14.0. The van der Waals surface area contributed by atoms with Gasteiger partial charge in [0.15, 0.2) is 11.6 Å². The van der Waals surface area contributed by atoms with Gasteiger partial charge in [-0.25, -0.2) is 9.18 Å². The molecule has 1 N–H and O–H groups in total. The van der Waals surface area contributed by atoms with Gasteiger partial charge >= 0.3 is 5.97 Å². The second-order valence-electron chi connectivity index (χ2n) is 4.17. The summed E-state index contributed by atoms with van der Waals surface area (Å²) in [4.78, 5) is 10.9. The van der Waals surface area contributed by atoms with Crippen molar-refractivity contribution < 1.29 is 23.8 Å². The van der Waals surface area contributed by atoms with E-state index in [2.05, 4.69) is 15.9 Å². The molecule has 21 heavy (non-hydrogen) atoms. The minimum Gasteiger partial charge on any atom is -0.494 e. The van der Waals surface area contributed by atoms with E-state index in [0.29, 0.717) is 15.8 Å². The number of carbonyl (C=O) groups is 1. The summed E-state index contributed by atoms with van der Waals surface area (Å²) >= 11 is 3.26. The highest BCUT2D eigenvalue weighted by molar-refractivity contribution is 9.10. The van der Waals surface area contributed by atoms with E-state index in [1.807, 2.05) is 0 Å². The van der Waals surface area contributed by atoms with E-state index in [1.165, 1.54) is 25.3 Å². The van der Waals surface area contributed by atoms with Crippen molar-refractivity contribution in [2.45, 2.75) is 6.61 Å². The lowest BCUT2D eigenvalue weighted by molar-refractivity contribution is 0.0696. The Balaban J connectivity index is 2.20. The van der Waals surface area contributed by atoms with Gasteiger partial charge < -0.3 is 14.6 Å². The molecule has 0 saturated heterocycles. The van der Waals surface area contributed by atoms with Crippen LogP contribution in [0, 0.1) is 5.82 Å². The van der Waals surface area contributed by atoms with Gasteiger partial charge in [0.05, 0.1) is 17.1 Å². The van der Waals surface area contributed by atoms with Gasteiger partial charge in [-0.05, 0) is 40.2 Å². The van der Waals surface area contributed by atoms with E-state index >= 15 is 0 Å². The molecule has 6 heteroatoms. The Labute approximate surface area is 129 Å². The summed E-state index contributed by atoms with van der Waals surface area (Å²) in [5.74, 6) is -1.09. The third-order valence-electron chi connectivity index (χ3n) is 2.82. The number of halogens is 2. The lowest BCUT2D eigenvalue weighted by atomic mass is 10.2. The van der Waals surface area contributed by atoms with Crippen molar-refractivity contribution in [3.05, 3.63) is 57.8 Å². The fourth-order valence-corrected chi connectivity index (χ4v) is 2.09. The standard InChI is InChI=1S/C15H12BrFO4/c1-20-12-4-2-3-10(14(12)17)8-21-13-7-9(15(18)19)5-6-11(13)16/h2-7H,8H2,1H3,(H,18,19). The SMILES string of the molecule is COc1cccc(COc2cc(C(=O)O)ccc2Br)c1F. The Bertz CT molecular complexity index is 673. The molecule has 0 aliphatic rings. The number of carboxylic acids is 1. The first-order valence-electron chi connectivity index (χ1n) is 6.00. The maximum absolute atomic E-state index is 14.0. The van der Waals surface area contributed by atoms with Gasteiger partial charge in [-0.15, -0.1) is 0 Å². The monoisotopic (exact) mass is 354 g/mol. The predicted molar refractivity (Wildman–Crippen MR) is 78.4 cm³/mol. The third-order valence-corrected chi connectivity index (χ3v) is 3.48. The summed E-state index contributed by atoms with van der Waals surface area (Å²) < 4.78 is 24.9. The minimum atomic E-state index is -1.06. The van der Waals surface area contributed by atoms with Crippen molar-refractivity contribution in [3.8, 4) is 11.5 Å². The van der Waals surface area contributed by atoms with Gasteiger partial charge in [0.1, 0.15) is 12.4 Å². The zero-order valence-electron chi connectivity index (χ0n) is 11.1. The van der Waals surface area contributed by atoms with Crippen LogP contribution in [0.5, 0.6) is 11.5 Å². The lowest BCUT2D eigenvalue weighted by Crippen LogP contribution is -2.02. The molecule has 2 rings (SSSR count). The molecule has 0 aliphatic carbocycles. The molecule has 0 radical (unpaired) electrons. The van der Waals surface area contributed by atoms with Gasteiger partial charge in [-0.2, -0.15) is 0 Å². The van der Waals surface area contributed by atoms with E-state index in [-0.39, 0.29) is 17.9 Å². The average Bonchev–Trinajstić information content (AvgIpc) is 2.47. The van der Waals surface area contributed by atoms with E-state index in [1.54, 1.807) is 18.2 Å². The Kier molecular flexibility index (Phi) is 4.80. The van der Waals surface area contributed by atoms with Crippen molar-refractivity contribution in [3.63, 3.8) is 0 Å². The topological polar surface area (TPSA) is 55.8 Å². The van der Waals surface area contributed by atoms with E-state index in [4.69, 9.17) is 14.6 Å². The number of methoxy groups -OCH3 is 1. The van der Waals surface area contributed by atoms with Crippen molar-refractivity contribution in [2.24, 2.45) is 0 Å². The molecule has 4 nitrogen and oxygen atoms in total. The van der Waals surface area contributed by atoms with Crippen LogP contribution in [-0.4, -0.2) is 18.2 Å². The van der Waals surface area contributed by atoms with Gasteiger partial charge in [0.25, 0.3) is 0 Å². The van der Waals surface area contributed by atoms with Gasteiger partial charge in [-0.1, -0.05) is 12.1 Å². The molecule has 0 saturated carbocycles. The Morgan fingerprint density at radius 2 is 2.05 bits per heavy atom. The van der Waals surface area contributed by atoms with Crippen LogP contribution in [0.1, 0.15) is 15.9 Å². The number of ether oxygens (including phenoxy) is 2. The van der Waals surface area contributed by atoms with Crippen molar-refractivity contribution in [2.75, 3.05) is 7.11 Å². The summed E-state index contributed by atoms with van der Waals surface area (Å²) in [7, 11) is 1.38. The first kappa shape index (κ1) is 15.3. The van der Waals surface area contributed by atoms with Crippen LogP contribution in [0.25, 0.3) is 0 Å². The second-order valence-corrected chi connectivity index (χ2v) is 5.03. The molecule has 0 fully saturated rings. The molecule has 0 aliphatic heterocycles. The average molecular weight is 355 g/mol. The highest BCUT2D eigenvalue weighted by Gasteiger charge is 2.11. The Morgan fingerprint density at radius 1 is 1.29 bits per heavy atom. The molecule has 0 aromatic heterocycles. The van der Waals surface area contributed by atoms with Crippen LogP contribution >= 0.6 is 15.9 Å². The molecular formula is C15H12BrFO4. The zero-order valence-corrected chi connectivity index (χ0v) is 12.7. The highest BCUT2D eigenvalue weighted by Crippen LogP contribution is 2.28. The molecule has 110 valence electrons. The Morgan fingerprint density at radius 3 is 2.71 bits per heavy atom. The quantitative estimate of drug-likeness (QED) is 0.885. The number of benzene rings is 2. The van der Waals surface area contributed by atoms with Crippen LogP contribution < -0.4 is 9.47 Å². The summed E-state index contributed by atoms with van der Waals surface area (Å²) in [6.07, 6.45) is 0. The smallest absolute Gasteiger partial charge is 0.335 e. The normalized spacial score (nSPS) is 10.2. The van der Waals surface area contributed by atoms with Crippen molar-refractivity contribution in [1.29, 1.82) is 0 Å².